The first-order valence-corrected chi connectivity index (χ1v) is 7.58. The van der Waals surface area contributed by atoms with Crippen molar-refractivity contribution < 1.29 is 22.8 Å². The lowest BCUT2D eigenvalue weighted by atomic mass is 10.1. The Morgan fingerprint density at radius 3 is 2.83 bits per heavy atom. The van der Waals surface area contributed by atoms with Crippen LogP contribution in [0.25, 0.3) is 10.9 Å². The van der Waals surface area contributed by atoms with Crippen LogP contribution in [0.3, 0.4) is 0 Å². The van der Waals surface area contributed by atoms with Gasteiger partial charge in [0.2, 0.25) is 5.91 Å². The van der Waals surface area contributed by atoms with Gasteiger partial charge in [0.15, 0.2) is 0 Å². The van der Waals surface area contributed by atoms with Crippen LogP contribution in [-0.4, -0.2) is 47.0 Å². The lowest BCUT2D eigenvalue weighted by Crippen LogP contribution is -2.48. The molecule has 1 aliphatic rings. The van der Waals surface area contributed by atoms with Crippen molar-refractivity contribution in [3.63, 3.8) is 0 Å². The standard InChI is InChI=1S/C16H16F3N3O2/c17-16(18,19)9-21-14(23)13-2-1-7-22(13)15(24)11-4-3-10-5-6-20-12(10)8-11/h3-6,8,13,20H,1-2,7,9H2,(H,21,23)/t13-/m0/s1. The minimum absolute atomic E-state index is 0.351. The first-order valence-electron chi connectivity index (χ1n) is 7.58. The summed E-state index contributed by atoms with van der Waals surface area (Å²) in [6.45, 7) is -1.04. The van der Waals surface area contributed by atoms with Gasteiger partial charge in [-0.15, -0.1) is 0 Å². The first-order chi connectivity index (χ1) is 11.3. The third kappa shape index (κ3) is 3.37. The van der Waals surface area contributed by atoms with Gasteiger partial charge in [0, 0.05) is 23.8 Å². The number of halogens is 3. The molecule has 3 rings (SSSR count). The fourth-order valence-electron chi connectivity index (χ4n) is 2.93. The van der Waals surface area contributed by atoms with Crippen LogP contribution in [0.4, 0.5) is 13.2 Å². The van der Waals surface area contributed by atoms with E-state index in [-0.39, 0.29) is 5.91 Å². The number of nitrogens with one attached hydrogen (secondary N) is 2. The number of hydrogen-bond donors (Lipinski definition) is 2. The number of likely N-dealkylation sites (tertiary alicyclic amines) is 1. The number of fused-ring (bicyclic) bond motifs is 1. The van der Waals surface area contributed by atoms with E-state index in [2.05, 4.69) is 4.98 Å². The maximum atomic E-state index is 12.6. The number of amides is 2. The molecule has 0 radical (unpaired) electrons. The highest BCUT2D eigenvalue weighted by molar-refractivity contribution is 6.00. The molecule has 1 aromatic carbocycles. The molecule has 0 aliphatic carbocycles. The highest BCUT2D eigenvalue weighted by atomic mass is 19.4. The van der Waals surface area contributed by atoms with Crippen LogP contribution in [0.2, 0.25) is 0 Å². The van der Waals surface area contributed by atoms with Crippen LogP contribution in [0.5, 0.6) is 0 Å². The summed E-state index contributed by atoms with van der Waals surface area (Å²) in [5.74, 6) is -1.12. The van der Waals surface area contributed by atoms with Crippen LogP contribution < -0.4 is 5.32 Å². The Labute approximate surface area is 135 Å². The van der Waals surface area contributed by atoms with E-state index in [0.29, 0.717) is 24.9 Å². The highest BCUT2D eigenvalue weighted by Crippen LogP contribution is 2.23. The van der Waals surface area contributed by atoms with Crippen LogP contribution >= 0.6 is 0 Å². The molecule has 1 aliphatic heterocycles. The lowest BCUT2D eigenvalue weighted by Gasteiger charge is -2.24. The number of aromatic nitrogens is 1. The van der Waals surface area contributed by atoms with E-state index < -0.39 is 24.7 Å². The van der Waals surface area contributed by atoms with E-state index >= 15 is 0 Å². The third-order valence-corrected chi connectivity index (χ3v) is 4.08. The summed E-state index contributed by atoms with van der Waals surface area (Å²) in [4.78, 5) is 29.0. The predicted molar refractivity (Wildman–Crippen MR) is 81.4 cm³/mol. The molecule has 24 heavy (non-hydrogen) atoms. The average molecular weight is 339 g/mol. The number of benzene rings is 1. The van der Waals surface area contributed by atoms with Gasteiger partial charge < -0.3 is 15.2 Å². The molecule has 1 saturated heterocycles. The zero-order valence-electron chi connectivity index (χ0n) is 12.7. The van der Waals surface area contributed by atoms with E-state index in [4.69, 9.17) is 0 Å². The van der Waals surface area contributed by atoms with Crippen molar-refractivity contribution in [2.24, 2.45) is 0 Å². The fraction of sp³-hybridized carbons (Fsp3) is 0.375. The largest absolute Gasteiger partial charge is 0.405 e. The van der Waals surface area contributed by atoms with Crippen molar-refractivity contribution in [2.75, 3.05) is 13.1 Å². The van der Waals surface area contributed by atoms with E-state index in [0.717, 1.165) is 10.9 Å². The summed E-state index contributed by atoms with van der Waals surface area (Å²) in [6.07, 6.45) is -1.77. The molecule has 0 spiro atoms. The Hall–Kier alpha value is -2.51. The van der Waals surface area contributed by atoms with Crippen LogP contribution in [0.1, 0.15) is 23.2 Å². The summed E-state index contributed by atoms with van der Waals surface area (Å²) in [6, 6.07) is 6.13. The van der Waals surface area contributed by atoms with Gasteiger partial charge in [-0.05, 0) is 36.4 Å². The summed E-state index contributed by atoms with van der Waals surface area (Å²) < 4.78 is 36.7. The Kier molecular flexibility index (Phi) is 4.21. The molecule has 0 saturated carbocycles. The van der Waals surface area contributed by atoms with E-state index in [1.807, 2.05) is 11.4 Å². The monoisotopic (exact) mass is 339 g/mol. The number of nitrogens with zero attached hydrogens (tertiary/aromatic N) is 1. The summed E-state index contributed by atoms with van der Waals surface area (Å²) >= 11 is 0. The molecular weight excluding hydrogens is 323 g/mol. The van der Waals surface area contributed by atoms with E-state index in [9.17, 15) is 22.8 Å². The van der Waals surface area contributed by atoms with Crippen molar-refractivity contribution in [2.45, 2.75) is 25.1 Å². The quantitative estimate of drug-likeness (QED) is 0.902. The Morgan fingerprint density at radius 1 is 1.29 bits per heavy atom. The van der Waals surface area contributed by atoms with Crippen molar-refractivity contribution >= 4 is 22.7 Å². The molecule has 5 nitrogen and oxygen atoms in total. The van der Waals surface area contributed by atoms with Gasteiger partial charge in [0.25, 0.3) is 5.91 Å². The van der Waals surface area contributed by atoms with Crippen molar-refractivity contribution in [3.8, 4) is 0 Å². The Bertz CT molecular complexity index is 769. The van der Waals surface area contributed by atoms with E-state index in [1.165, 1.54) is 4.90 Å². The van der Waals surface area contributed by atoms with Crippen LogP contribution in [0.15, 0.2) is 30.5 Å². The molecule has 2 amide bonds. The molecular formula is C16H16F3N3O2. The lowest BCUT2D eigenvalue weighted by molar-refractivity contribution is -0.140. The fourth-order valence-corrected chi connectivity index (χ4v) is 2.93. The number of carbonyl (C=O) groups is 2. The van der Waals surface area contributed by atoms with Gasteiger partial charge in [0.1, 0.15) is 12.6 Å². The second kappa shape index (κ2) is 6.18. The second-order valence-corrected chi connectivity index (χ2v) is 5.77. The summed E-state index contributed by atoms with van der Waals surface area (Å²) in [5, 5.41) is 2.81. The van der Waals surface area contributed by atoms with Gasteiger partial charge in [0.05, 0.1) is 0 Å². The third-order valence-electron chi connectivity index (χ3n) is 4.08. The van der Waals surface area contributed by atoms with Gasteiger partial charge >= 0.3 is 6.18 Å². The van der Waals surface area contributed by atoms with Gasteiger partial charge in [-0.3, -0.25) is 9.59 Å². The maximum absolute atomic E-state index is 12.6. The minimum Gasteiger partial charge on any atom is -0.361 e. The molecule has 0 unspecified atom stereocenters. The zero-order valence-corrected chi connectivity index (χ0v) is 12.7. The van der Waals surface area contributed by atoms with Crippen molar-refractivity contribution in [3.05, 3.63) is 36.0 Å². The zero-order chi connectivity index (χ0) is 17.3. The minimum atomic E-state index is -4.47. The molecule has 2 N–H and O–H groups in total. The number of rotatable bonds is 3. The molecule has 1 fully saturated rings. The van der Waals surface area contributed by atoms with E-state index in [1.54, 1.807) is 24.4 Å². The summed E-state index contributed by atoms with van der Waals surface area (Å²) in [5.41, 5.74) is 1.19. The maximum Gasteiger partial charge on any atom is 0.405 e. The summed E-state index contributed by atoms with van der Waals surface area (Å²) in [7, 11) is 0. The number of H-pyrrole nitrogens is 1. The van der Waals surface area contributed by atoms with Gasteiger partial charge in [-0.25, -0.2) is 0 Å². The molecule has 2 aromatic rings. The second-order valence-electron chi connectivity index (χ2n) is 5.77. The molecule has 0 bridgehead atoms. The van der Waals surface area contributed by atoms with Gasteiger partial charge in [-0.1, -0.05) is 6.07 Å². The highest BCUT2D eigenvalue weighted by Gasteiger charge is 2.36. The average Bonchev–Trinajstić information content (AvgIpc) is 3.19. The molecule has 8 heteroatoms. The SMILES string of the molecule is O=C(NCC(F)(F)F)[C@@H]1CCCN1C(=O)c1ccc2cc[nH]c2c1. The number of carbonyl (C=O) groups excluding carboxylic acids is 2. The van der Waals surface area contributed by atoms with Crippen molar-refractivity contribution in [1.82, 2.24) is 15.2 Å². The Morgan fingerprint density at radius 2 is 2.08 bits per heavy atom. The van der Waals surface area contributed by atoms with Gasteiger partial charge in [-0.2, -0.15) is 13.2 Å². The normalized spacial score (nSPS) is 18.1. The predicted octanol–water partition coefficient (Wildman–Crippen LogP) is 2.45. The molecule has 2 heterocycles. The number of aromatic amines is 1. The molecule has 128 valence electrons. The van der Waals surface area contributed by atoms with Crippen LogP contribution in [0, 0.1) is 0 Å². The number of alkyl halides is 3. The van der Waals surface area contributed by atoms with Crippen LogP contribution in [-0.2, 0) is 4.79 Å². The number of hydrogen-bond acceptors (Lipinski definition) is 2. The molecule has 1 atom stereocenters. The topological polar surface area (TPSA) is 65.2 Å². The first kappa shape index (κ1) is 16.4. The molecule has 1 aromatic heterocycles. The smallest absolute Gasteiger partial charge is 0.361 e. The van der Waals surface area contributed by atoms with Crippen molar-refractivity contribution in [1.29, 1.82) is 0 Å². The Balaban J connectivity index is 1.74.